The van der Waals surface area contributed by atoms with Crippen molar-refractivity contribution < 1.29 is 22.7 Å². The molecule has 2 N–H and O–H groups in total. The van der Waals surface area contributed by atoms with Gasteiger partial charge in [-0.05, 0) is 40.5 Å². The number of nitrogens with one attached hydrogen (secondary N) is 1. The number of hydrogen-bond acceptors (Lipinski definition) is 3. The van der Waals surface area contributed by atoms with E-state index < -0.39 is 33.8 Å². The first-order valence-corrected chi connectivity index (χ1v) is 7.96. The summed E-state index contributed by atoms with van der Waals surface area (Å²) in [7, 11) is -3.89. The van der Waals surface area contributed by atoms with E-state index in [1.807, 2.05) is 0 Å². The summed E-state index contributed by atoms with van der Waals surface area (Å²) < 4.78 is 40.0. The third kappa shape index (κ3) is 3.25. The minimum absolute atomic E-state index is 0.146. The lowest BCUT2D eigenvalue weighted by Crippen LogP contribution is -2.33. The van der Waals surface area contributed by atoms with Crippen molar-refractivity contribution >= 4 is 31.9 Å². The third-order valence-corrected chi connectivity index (χ3v) is 5.04. The first-order valence-electron chi connectivity index (χ1n) is 5.68. The molecular weight excluding hydrogens is 353 g/mol. The highest BCUT2D eigenvalue weighted by atomic mass is 79.9. The van der Waals surface area contributed by atoms with E-state index in [2.05, 4.69) is 20.7 Å². The minimum atomic E-state index is -3.89. The average molecular weight is 364 g/mol. The van der Waals surface area contributed by atoms with Gasteiger partial charge < -0.3 is 5.11 Å². The number of benzene rings is 1. The molecule has 1 aliphatic carbocycles. The van der Waals surface area contributed by atoms with Crippen molar-refractivity contribution in [3.63, 3.8) is 0 Å². The Hall–Kier alpha value is -1.25. The highest BCUT2D eigenvalue weighted by Gasteiger charge is 2.28. The van der Waals surface area contributed by atoms with Crippen LogP contribution in [0.4, 0.5) is 4.39 Å². The molecule has 0 aromatic heterocycles. The molecule has 0 saturated carbocycles. The minimum Gasteiger partial charge on any atom is -0.481 e. The molecule has 0 aliphatic heterocycles. The number of sulfonamides is 1. The molecule has 0 spiro atoms. The Labute approximate surface area is 123 Å². The van der Waals surface area contributed by atoms with Gasteiger partial charge in [0.2, 0.25) is 10.0 Å². The van der Waals surface area contributed by atoms with Crippen LogP contribution in [0.3, 0.4) is 0 Å². The standard InChI is InChI=1S/C12H11BrFNO4S/c13-10-4-3-9(6-11(10)14)20(18,19)15-8-2-1-7(5-8)12(16)17/h1-4,6-8,15H,5H2,(H,16,17). The van der Waals surface area contributed by atoms with Gasteiger partial charge in [0, 0.05) is 6.04 Å². The van der Waals surface area contributed by atoms with Crippen molar-refractivity contribution in [2.24, 2.45) is 5.92 Å². The Morgan fingerprint density at radius 2 is 2.10 bits per heavy atom. The predicted octanol–water partition coefficient (Wildman–Crippen LogP) is 1.90. The highest BCUT2D eigenvalue weighted by molar-refractivity contribution is 9.10. The fraction of sp³-hybridized carbons (Fsp3) is 0.250. The summed E-state index contributed by atoms with van der Waals surface area (Å²) >= 11 is 2.94. The van der Waals surface area contributed by atoms with Crippen LogP contribution in [0.15, 0.2) is 39.7 Å². The van der Waals surface area contributed by atoms with E-state index in [1.165, 1.54) is 24.3 Å². The van der Waals surface area contributed by atoms with Gasteiger partial charge >= 0.3 is 5.97 Å². The molecule has 0 saturated heterocycles. The lowest BCUT2D eigenvalue weighted by Gasteiger charge is -2.13. The van der Waals surface area contributed by atoms with Gasteiger partial charge in [-0.15, -0.1) is 0 Å². The Morgan fingerprint density at radius 3 is 2.65 bits per heavy atom. The topological polar surface area (TPSA) is 83.5 Å². The molecule has 0 fully saturated rings. The van der Waals surface area contributed by atoms with Crippen LogP contribution in [-0.2, 0) is 14.8 Å². The van der Waals surface area contributed by atoms with E-state index in [0.29, 0.717) is 0 Å². The largest absolute Gasteiger partial charge is 0.481 e. The van der Waals surface area contributed by atoms with Crippen LogP contribution < -0.4 is 4.72 Å². The summed E-state index contributed by atoms with van der Waals surface area (Å²) in [5, 5.41) is 8.83. The molecule has 1 aromatic carbocycles. The summed E-state index contributed by atoms with van der Waals surface area (Å²) in [5.74, 6) is -2.39. The van der Waals surface area contributed by atoms with E-state index in [1.54, 1.807) is 0 Å². The number of halogens is 2. The van der Waals surface area contributed by atoms with E-state index in [9.17, 15) is 17.6 Å². The van der Waals surface area contributed by atoms with Crippen molar-refractivity contribution in [1.29, 1.82) is 0 Å². The number of aliphatic carboxylic acids is 1. The van der Waals surface area contributed by atoms with Crippen LogP contribution in [0.25, 0.3) is 0 Å². The van der Waals surface area contributed by atoms with Gasteiger partial charge in [-0.1, -0.05) is 12.2 Å². The van der Waals surface area contributed by atoms with Gasteiger partial charge in [0.15, 0.2) is 0 Å². The van der Waals surface area contributed by atoms with Crippen LogP contribution >= 0.6 is 15.9 Å². The lowest BCUT2D eigenvalue weighted by atomic mass is 10.1. The molecule has 2 rings (SSSR count). The summed E-state index contributed by atoms with van der Waals surface area (Å²) in [6, 6.07) is 2.87. The van der Waals surface area contributed by atoms with Gasteiger partial charge in [-0.3, -0.25) is 4.79 Å². The average Bonchev–Trinajstić information content (AvgIpc) is 2.80. The van der Waals surface area contributed by atoms with E-state index in [0.717, 1.165) is 6.07 Å². The smallest absolute Gasteiger partial charge is 0.310 e. The van der Waals surface area contributed by atoms with Gasteiger partial charge in [0.05, 0.1) is 15.3 Å². The van der Waals surface area contributed by atoms with E-state index >= 15 is 0 Å². The zero-order chi connectivity index (χ0) is 14.9. The number of hydrogen-bond donors (Lipinski definition) is 2. The Morgan fingerprint density at radius 1 is 1.40 bits per heavy atom. The molecule has 1 aromatic rings. The van der Waals surface area contributed by atoms with Crippen LogP contribution in [0, 0.1) is 11.7 Å². The maximum atomic E-state index is 13.4. The fourth-order valence-corrected chi connectivity index (χ4v) is 3.34. The molecule has 0 heterocycles. The summed E-state index contributed by atoms with van der Waals surface area (Å²) in [5.41, 5.74) is 0. The fourth-order valence-electron chi connectivity index (χ4n) is 1.88. The number of carbonyl (C=O) groups is 1. The Balaban J connectivity index is 2.14. The predicted molar refractivity (Wildman–Crippen MR) is 73.1 cm³/mol. The van der Waals surface area contributed by atoms with Gasteiger partial charge in [-0.25, -0.2) is 17.5 Å². The van der Waals surface area contributed by atoms with E-state index in [4.69, 9.17) is 5.11 Å². The second-order valence-corrected chi connectivity index (χ2v) is 6.94. The van der Waals surface area contributed by atoms with E-state index in [-0.39, 0.29) is 15.8 Å². The van der Waals surface area contributed by atoms with Crippen molar-refractivity contribution in [1.82, 2.24) is 4.72 Å². The molecule has 2 atom stereocenters. The quantitative estimate of drug-likeness (QED) is 0.800. The zero-order valence-corrected chi connectivity index (χ0v) is 12.5. The molecule has 1 aliphatic rings. The number of carboxylic acid groups (broad SMARTS) is 1. The first kappa shape index (κ1) is 15.1. The van der Waals surface area contributed by atoms with Crippen LogP contribution in [0.1, 0.15) is 6.42 Å². The number of carboxylic acids is 1. The first-order chi connectivity index (χ1) is 9.29. The molecule has 0 radical (unpaired) electrons. The lowest BCUT2D eigenvalue weighted by molar-refractivity contribution is -0.140. The van der Waals surface area contributed by atoms with Crippen molar-refractivity contribution in [2.75, 3.05) is 0 Å². The summed E-state index contributed by atoms with van der Waals surface area (Å²) in [6.07, 6.45) is 3.08. The molecule has 0 bridgehead atoms. The molecule has 5 nitrogen and oxygen atoms in total. The summed E-state index contributed by atoms with van der Waals surface area (Å²) in [4.78, 5) is 10.6. The molecule has 108 valence electrons. The molecule has 8 heteroatoms. The van der Waals surface area contributed by atoms with Crippen molar-refractivity contribution in [3.05, 3.63) is 40.6 Å². The van der Waals surface area contributed by atoms with Gasteiger partial charge in [0.25, 0.3) is 0 Å². The molecule has 2 unspecified atom stereocenters. The van der Waals surface area contributed by atoms with Gasteiger partial charge in [0.1, 0.15) is 5.82 Å². The number of rotatable bonds is 4. The Bertz CT molecular complexity index is 674. The maximum absolute atomic E-state index is 13.4. The second-order valence-electron chi connectivity index (χ2n) is 4.37. The van der Waals surface area contributed by atoms with Gasteiger partial charge in [-0.2, -0.15) is 0 Å². The molecular formula is C12H11BrFNO4S. The highest BCUT2D eigenvalue weighted by Crippen LogP contribution is 2.22. The Kier molecular flexibility index (Phi) is 4.26. The SMILES string of the molecule is O=C(O)C1C=CC(NS(=O)(=O)c2ccc(Br)c(F)c2)C1. The maximum Gasteiger partial charge on any atom is 0.310 e. The van der Waals surface area contributed by atoms with Crippen molar-refractivity contribution in [3.8, 4) is 0 Å². The van der Waals surface area contributed by atoms with Crippen LogP contribution in [-0.4, -0.2) is 25.5 Å². The van der Waals surface area contributed by atoms with Crippen LogP contribution in [0.2, 0.25) is 0 Å². The normalized spacial score (nSPS) is 22.1. The second kappa shape index (κ2) is 5.63. The summed E-state index contributed by atoms with van der Waals surface area (Å²) in [6.45, 7) is 0. The molecule has 0 amide bonds. The van der Waals surface area contributed by atoms with Crippen molar-refractivity contribution in [2.45, 2.75) is 17.4 Å². The zero-order valence-electron chi connectivity index (χ0n) is 10.1. The van der Waals surface area contributed by atoms with Crippen LogP contribution in [0.5, 0.6) is 0 Å². The third-order valence-electron chi connectivity index (χ3n) is 2.91. The monoisotopic (exact) mass is 363 g/mol. The molecule has 20 heavy (non-hydrogen) atoms.